The minimum absolute atomic E-state index is 0.00499. The van der Waals surface area contributed by atoms with Crippen LogP contribution in [0.15, 0.2) is 11.6 Å². The van der Waals surface area contributed by atoms with Crippen LogP contribution in [-0.4, -0.2) is 36.4 Å². The first-order chi connectivity index (χ1) is 16.3. The van der Waals surface area contributed by atoms with E-state index in [4.69, 9.17) is 4.74 Å². The quantitative estimate of drug-likeness (QED) is 0.186. The first-order valence-corrected chi connectivity index (χ1v) is 12.7. The summed E-state index contributed by atoms with van der Waals surface area (Å²) in [6.45, 7) is 2.16. The summed E-state index contributed by atoms with van der Waals surface area (Å²) in [5, 5.41) is 0. The van der Waals surface area contributed by atoms with Gasteiger partial charge in [0.15, 0.2) is 0 Å². The highest BCUT2D eigenvalue weighted by molar-refractivity contribution is 5.78. The van der Waals surface area contributed by atoms with Gasteiger partial charge in [0.05, 0.1) is 12.0 Å². The molecule has 0 aliphatic heterocycles. The smallest absolute Gasteiger partial charge is 0.458 e. The summed E-state index contributed by atoms with van der Waals surface area (Å²) in [5.41, 5.74) is 1.51. The fourth-order valence-corrected chi connectivity index (χ4v) is 5.74. The Kier molecular flexibility index (Phi) is 9.19. The van der Waals surface area contributed by atoms with E-state index < -0.39 is 42.3 Å². The molecule has 2 fully saturated rings. The van der Waals surface area contributed by atoms with E-state index in [-0.39, 0.29) is 25.7 Å². The Bertz CT molecular complexity index is 734. The summed E-state index contributed by atoms with van der Waals surface area (Å²) >= 11 is 0. The van der Waals surface area contributed by atoms with Gasteiger partial charge in [-0.1, -0.05) is 25.0 Å². The standard InChI is InChI=1S/C25H35F7O3/c1-2-3-16-4-6-17(7-5-16)18-8-10-19(11-9-18)24(28,29)35-21-14-12-20(13-15-21)34-22(33)23(26,27)25(30,31)32/h4,17-21H,2-3,5-15H2,1H3. The highest BCUT2D eigenvalue weighted by atomic mass is 19.4. The molecular weight excluding hydrogens is 481 g/mol. The lowest BCUT2D eigenvalue weighted by Crippen LogP contribution is -2.47. The van der Waals surface area contributed by atoms with Crippen molar-refractivity contribution in [1.29, 1.82) is 0 Å². The zero-order valence-corrected chi connectivity index (χ0v) is 20.0. The second kappa shape index (κ2) is 11.4. The van der Waals surface area contributed by atoms with Gasteiger partial charge in [-0.3, -0.25) is 0 Å². The van der Waals surface area contributed by atoms with Crippen molar-refractivity contribution in [1.82, 2.24) is 0 Å². The summed E-state index contributed by atoms with van der Waals surface area (Å²) in [5.74, 6) is -8.16. The molecule has 10 heteroatoms. The third kappa shape index (κ3) is 7.13. The molecule has 2 saturated carbocycles. The SMILES string of the molecule is CCCC1=CCC(C2CCC(C(F)(F)OC3CCC(OC(=O)C(F)(F)C(F)(F)F)CC3)CC2)CC1. The number of alkyl halides is 7. The molecule has 0 heterocycles. The fourth-order valence-electron chi connectivity index (χ4n) is 5.74. The Morgan fingerprint density at radius 3 is 1.97 bits per heavy atom. The number of hydrogen-bond acceptors (Lipinski definition) is 3. The van der Waals surface area contributed by atoms with Crippen molar-refractivity contribution < 1.29 is 45.0 Å². The largest absolute Gasteiger partial charge is 0.465 e. The normalized spacial score (nSPS) is 31.1. The molecule has 0 spiro atoms. The van der Waals surface area contributed by atoms with E-state index in [1.165, 1.54) is 5.57 Å². The highest BCUT2D eigenvalue weighted by Gasteiger charge is 2.65. The Labute approximate surface area is 201 Å². The van der Waals surface area contributed by atoms with Gasteiger partial charge < -0.3 is 9.47 Å². The molecule has 1 atom stereocenters. The number of halogens is 7. The molecule has 3 aliphatic rings. The maximum atomic E-state index is 14.9. The van der Waals surface area contributed by atoms with Crippen molar-refractivity contribution in [3.8, 4) is 0 Å². The van der Waals surface area contributed by atoms with E-state index >= 15 is 0 Å². The maximum Gasteiger partial charge on any atom is 0.465 e. The Balaban J connectivity index is 1.41. The third-order valence-corrected chi connectivity index (χ3v) is 7.86. The Hall–Kier alpha value is -1.32. The van der Waals surface area contributed by atoms with Crippen LogP contribution in [0.5, 0.6) is 0 Å². The van der Waals surface area contributed by atoms with E-state index in [9.17, 15) is 35.5 Å². The number of hydrogen-bond donors (Lipinski definition) is 0. The molecule has 0 radical (unpaired) electrons. The predicted molar refractivity (Wildman–Crippen MR) is 115 cm³/mol. The number of esters is 1. The van der Waals surface area contributed by atoms with Crippen LogP contribution in [0.3, 0.4) is 0 Å². The van der Waals surface area contributed by atoms with Crippen LogP contribution in [0.4, 0.5) is 30.7 Å². The number of rotatable bonds is 8. The molecule has 3 aliphatic carbocycles. The van der Waals surface area contributed by atoms with Gasteiger partial charge in [-0.05, 0) is 88.9 Å². The van der Waals surface area contributed by atoms with E-state index in [0.29, 0.717) is 24.7 Å². The number of carbonyl (C=O) groups is 1. The van der Waals surface area contributed by atoms with E-state index in [1.807, 2.05) is 0 Å². The summed E-state index contributed by atoms with van der Waals surface area (Å²) in [4.78, 5) is 11.2. The molecule has 0 saturated heterocycles. The molecular formula is C25H35F7O3. The molecule has 0 aromatic carbocycles. The second-order valence-corrected chi connectivity index (χ2v) is 10.3. The zero-order valence-electron chi connectivity index (χ0n) is 20.0. The Morgan fingerprint density at radius 1 is 0.857 bits per heavy atom. The number of ether oxygens (including phenoxy) is 2. The monoisotopic (exact) mass is 516 g/mol. The molecule has 202 valence electrons. The summed E-state index contributed by atoms with van der Waals surface area (Å²) in [7, 11) is 0. The Morgan fingerprint density at radius 2 is 1.46 bits per heavy atom. The minimum Gasteiger partial charge on any atom is -0.458 e. The van der Waals surface area contributed by atoms with E-state index in [0.717, 1.165) is 44.9 Å². The van der Waals surface area contributed by atoms with Crippen molar-refractivity contribution in [2.24, 2.45) is 17.8 Å². The maximum absolute atomic E-state index is 14.9. The van der Waals surface area contributed by atoms with Crippen LogP contribution in [0.1, 0.15) is 90.4 Å². The van der Waals surface area contributed by atoms with Crippen LogP contribution >= 0.6 is 0 Å². The van der Waals surface area contributed by atoms with Gasteiger partial charge in [0.2, 0.25) is 0 Å². The van der Waals surface area contributed by atoms with E-state index in [2.05, 4.69) is 17.7 Å². The van der Waals surface area contributed by atoms with Gasteiger partial charge in [0.25, 0.3) is 0 Å². The van der Waals surface area contributed by atoms with Crippen molar-refractivity contribution in [3.63, 3.8) is 0 Å². The van der Waals surface area contributed by atoms with Crippen molar-refractivity contribution >= 4 is 5.97 Å². The molecule has 3 nitrogen and oxygen atoms in total. The predicted octanol–water partition coefficient (Wildman–Crippen LogP) is 7.98. The zero-order chi connectivity index (χ0) is 25.9. The van der Waals surface area contributed by atoms with Crippen molar-refractivity contribution in [2.75, 3.05) is 0 Å². The number of allylic oxidation sites excluding steroid dienone is 2. The van der Waals surface area contributed by atoms with E-state index in [1.54, 1.807) is 0 Å². The second-order valence-electron chi connectivity index (χ2n) is 10.3. The van der Waals surface area contributed by atoms with Gasteiger partial charge in [-0.2, -0.15) is 30.7 Å². The highest BCUT2D eigenvalue weighted by Crippen LogP contribution is 2.46. The molecule has 1 unspecified atom stereocenters. The molecule has 3 rings (SSSR count). The van der Waals surface area contributed by atoms with Crippen LogP contribution in [0.2, 0.25) is 0 Å². The van der Waals surface area contributed by atoms with Crippen molar-refractivity contribution in [2.45, 2.75) is 121 Å². The molecule has 0 amide bonds. The number of carbonyl (C=O) groups excluding carboxylic acids is 1. The van der Waals surface area contributed by atoms with Gasteiger partial charge in [0, 0.05) is 0 Å². The van der Waals surface area contributed by atoms with Gasteiger partial charge in [0.1, 0.15) is 6.10 Å². The molecule has 0 N–H and O–H groups in total. The first-order valence-electron chi connectivity index (χ1n) is 12.7. The lowest BCUT2D eigenvalue weighted by Gasteiger charge is -2.39. The average Bonchev–Trinajstić information content (AvgIpc) is 2.80. The summed E-state index contributed by atoms with van der Waals surface area (Å²) < 4.78 is 102. The van der Waals surface area contributed by atoms with Crippen molar-refractivity contribution in [3.05, 3.63) is 11.6 Å². The fraction of sp³-hybridized carbons (Fsp3) is 0.880. The first kappa shape index (κ1) is 28.3. The van der Waals surface area contributed by atoms with Gasteiger partial charge >= 0.3 is 24.2 Å². The summed E-state index contributed by atoms with van der Waals surface area (Å²) in [6.07, 6.45) is -1.57. The molecule has 0 bridgehead atoms. The molecule has 35 heavy (non-hydrogen) atoms. The topological polar surface area (TPSA) is 35.5 Å². The summed E-state index contributed by atoms with van der Waals surface area (Å²) in [6, 6.07) is 0. The van der Waals surface area contributed by atoms with Gasteiger partial charge in [-0.25, -0.2) is 4.79 Å². The van der Waals surface area contributed by atoms with Gasteiger partial charge in [-0.15, -0.1) is 0 Å². The molecule has 0 aromatic rings. The third-order valence-electron chi connectivity index (χ3n) is 7.86. The lowest BCUT2D eigenvalue weighted by atomic mass is 9.71. The van der Waals surface area contributed by atoms with Crippen LogP contribution < -0.4 is 0 Å². The average molecular weight is 517 g/mol. The minimum atomic E-state index is -6.04. The van der Waals surface area contributed by atoms with Crippen LogP contribution in [0, 0.1) is 17.8 Å². The van der Waals surface area contributed by atoms with Crippen LogP contribution in [-0.2, 0) is 14.3 Å². The van der Waals surface area contributed by atoms with Crippen LogP contribution in [0.25, 0.3) is 0 Å². The lowest BCUT2D eigenvalue weighted by molar-refractivity contribution is -0.304. The molecule has 0 aromatic heterocycles.